The van der Waals surface area contributed by atoms with Crippen molar-refractivity contribution in [3.63, 3.8) is 0 Å². The molecule has 0 saturated carbocycles. The molecule has 1 aliphatic heterocycles. The van der Waals surface area contributed by atoms with Crippen LogP contribution in [0, 0.1) is 0 Å². The highest BCUT2D eigenvalue weighted by atomic mass is 35.5. The van der Waals surface area contributed by atoms with Crippen LogP contribution < -0.4 is 5.73 Å². The summed E-state index contributed by atoms with van der Waals surface area (Å²) in [4.78, 5) is 22.3. The zero-order valence-electron chi connectivity index (χ0n) is 15.9. The Hall–Kier alpha value is -2.13. The zero-order chi connectivity index (χ0) is 18.8. The van der Waals surface area contributed by atoms with Crippen molar-refractivity contribution in [3.8, 4) is 10.7 Å². The first-order valence-corrected chi connectivity index (χ1v) is 9.77. The molecule has 1 atom stereocenters. The second-order valence-corrected chi connectivity index (χ2v) is 7.47. The van der Waals surface area contributed by atoms with Crippen molar-refractivity contribution in [2.24, 2.45) is 0 Å². The van der Waals surface area contributed by atoms with Crippen LogP contribution in [0.15, 0.2) is 46.3 Å². The number of anilines is 1. The van der Waals surface area contributed by atoms with Crippen LogP contribution >= 0.6 is 36.2 Å². The fraction of sp³-hybridized carbons (Fsp3) is 0.316. The van der Waals surface area contributed by atoms with Gasteiger partial charge in [0, 0.05) is 31.9 Å². The Bertz CT molecular complexity index is 926. The first-order valence-electron chi connectivity index (χ1n) is 8.89. The molecule has 1 saturated heterocycles. The van der Waals surface area contributed by atoms with E-state index in [9.17, 15) is 4.79 Å². The van der Waals surface area contributed by atoms with Gasteiger partial charge >= 0.3 is 0 Å². The van der Waals surface area contributed by atoms with Gasteiger partial charge in [0.25, 0.3) is 5.91 Å². The Labute approximate surface area is 185 Å². The number of thiophene rings is 1. The van der Waals surface area contributed by atoms with Gasteiger partial charge in [-0.25, -0.2) is 0 Å². The lowest BCUT2D eigenvalue weighted by Gasteiger charge is -2.37. The van der Waals surface area contributed by atoms with Crippen LogP contribution in [0.25, 0.3) is 10.7 Å². The Morgan fingerprint density at radius 1 is 1.14 bits per heavy atom. The van der Waals surface area contributed by atoms with Crippen molar-refractivity contribution in [2.45, 2.75) is 13.0 Å². The van der Waals surface area contributed by atoms with Gasteiger partial charge in [-0.2, -0.15) is 4.98 Å². The molecule has 1 unspecified atom stereocenters. The number of hydrogen-bond acceptors (Lipinski definition) is 7. The molecular formula is C19H23Cl2N5O2S. The van der Waals surface area contributed by atoms with Crippen molar-refractivity contribution < 1.29 is 9.32 Å². The van der Waals surface area contributed by atoms with Gasteiger partial charge in [0.15, 0.2) is 0 Å². The van der Waals surface area contributed by atoms with Gasteiger partial charge in [-0.1, -0.05) is 23.4 Å². The second kappa shape index (κ2) is 10.1. The highest BCUT2D eigenvalue weighted by Crippen LogP contribution is 2.26. The number of nitrogens with two attached hydrogens (primary N) is 1. The molecule has 0 aliphatic carbocycles. The monoisotopic (exact) mass is 455 g/mol. The summed E-state index contributed by atoms with van der Waals surface area (Å²) in [6, 6.07) is 11.1. The quantitative estimate of drug-likeness (QED) is 0.602. The predicted molar refractivity (Wildman–Crippen MR) is 119 cm³/mol. The van der Waals surface area contributed by atoms with Crippen LogP contribution in [0.4, 0.5) is 5.69 Å². The van der Waals surface area contributed by atoms with Crippen molar-refractivity contribution in [1.82, 2.24) is 19.9 Å². The van der Waals surface area contributed by atoms with E-state index >= 15 is 0 Å². The maximum absolute atomic E-state index is 12.7. The summed E-state index contributed by atoms with van der Waals surface area (Å²) in [5.41, 5.74) is 7.02. The van der Waals surface area contributed by atoms with E-state index in [0.29, 0.717) is 36.1 Å². The molecule has 7 nitrogen and oxygen atoms in total. The molecule has 0 spiro atoms. The minimum atomic E-state index is -0.0156. The minimum Gasteiger partial charge on any atom is -0.398 e. The molecule has 4 rings (SSSR count). The third kappa shape index (κ3) is 4.90. The smallest absolute Gasteiger partial charge is 0.256 e. The van der Waals surface area contributed by atoms with Crippen molar-refractivity contribution in [1.29, 1.82) is 0 Å². The lowest BCUT2D eigenvalue weighted by Crippen LogP contribution is -2.49. The molecule has 29 heavy (non-hydrogen) atoms. The molecule has 0 bridgehead atoms. The van der Waals surface area contributed by atoms with Crippen LogP contribution in [0.2, 0.25) is 0 Å². The molecule has 10 heteroatoms. The van der Waals surface area contributed by atoms with Crippen molar-refractivity contribution in [2.75, 3.05) is 31.9 Å². The number of para-hydroxylation sites is 1. The third-order valence-corrected chi connectivity index (χ3v) is 5.75. The lowest BCUT2D eigenvalue weighted by atomic mass is 10.1. The molecule has 1 fully saturated rings. The summed E-state index contributed by atoms with van der Waals surface area (Å²) < 4.78 is 5.47. The van der Waals surface area contributed by atoms with Gasteiger partial charge in [0.2, 0.25) is 11.7 Å². The normalized spacial score (nSPS) is 15.3. The number of amides is 1. The summed E-state index contributed by atoms with van der Waals surface area (Å²) in [5.74, 6) is 1.21. The molecule has 2 aromatic heterocycles. The molecule has 2 N–H and O–H groups in total. The van der Waals surface area contributed by atoms with Gasteiger partial charge in [-0.05, 0) is 30.5 Å². The average Bonchev–Trinajstić information content (AvgIpc) is 3.39. The number of rotatable bonds is 4. The minimum absolute atomic E-state index is 0. The molecule has 3 heterocycles. The molecule has 156 valence electrons. The van der Waals surface area contributed by atoms with Crippen LogP contribution in [0.1, 0.15) is 29.2 Å². The van der Waals surface area contributed by atoms with Crippen LogP contribution in [-0.2, 0) is 0 Å². The molecule has 1 aliphatic rings. The predicted octanol–water partition coefficient (Wildman–Crippen LogP) is 3.74. The second-order valence-electron chi connectivity index (χ2n) is 6.52. The fourth-order valence-electron chi connectivity index (χ4n) is 3.24. The van der Waals surface area contributed by atoms with Crippen molar-refractivity contribution >= 4 is 47.7 Å². The largest absolute Gasteiger partial charge is 0.398 e. The van der Waals surface area contributed by atoms with Gasteiger partial charge in [-0.15, -0.1) is 36.2 Å². The SMILES string of the molecule is CC(c1nc(-c2cccs2)no1)N1CCN(C(=O)c2ccccc2N)CC1.Cl.Cl. The first kappa shape index (κ1) is 23.2. The van der Waals surface area contributed by atoms with Gasteiger partial charge in [0.1, 0.15) is 0 Å². The number of carbonyl (C=O) groups is 1. The van der Waals surface area contributed by atoms with Crippen molar-refractivity contribution in [3.05, 3.63) is 53.2 Å². The number of nitrogens with zero attached hydrogens (tertiary/aromatic N) is 4. The number of aromatic nitrogens is 2. The number of carbonyl (C=O) groups excluding carboxylic acids is 1. The molecule has 1 aromatic carbocycles. The average molecular weight is 456 g/mol. The van der Waals surface area contributed by atoms with E-state index in [1.165, 1.54) is 0 Å². The summed E-state index contributed by atoms with van der Waals surface area (Å²) in [7, 11) is 0. The van der Waals surface area contributed by atoms with Crippen LogP contribution in [0.3, 0.4) is 0 Å². The van der Waals surface area contributed by atoms with Crippen LogP contribution in [0.5, 0.6) is 0 Å². The first-order chi connectivity index (χ1) is 13.1. The third-order valence-electron chi connectivity index (χ3n) is 4.88. The van der Waals surface area contributed by atoms with E-state index in [4.69, 9.17) is 10.3 Å². The highest BCUT2D eigenvalue weighted by Gasteiger charge is 2.28. The number of piperazine rings is 1. The Balaban J connectivity index is 0.00000150. The van der Waals surface area contributed by atoms with E-state index in [0.717, 1.165) is 18.0 Å². The van der Waals surface area contributed by atoms with E-state index in [-0.39, 0.29) is 36.8 Å². The lowest BCUT2D eigenvalue weighted by molar-refractivity contribution is 0.0552. The molecule has 3 aromatic rings. The van der Waals surface area contributed by atoms with E-state index in [1.54, 1.807) is 23.5 Å². The Kier molecular flexibility index (Phi) is 8.04. The number of halogens is 2. The summed E-state index contributed by atoms with van der Waals surface area (Å²) in [6.07, 6.45) is 0. The van der Waals surface area contributed by atoms with Crippen LogP contribution in [-0.4, -0.2) is 52.0 Å². The Morgan fingerprint density at radius 3 is 2.52 bits per heavy atom. The molecule has 0 radical (unpaired) electrons. The van der Waals surface area contributed by atoms with Gasteiger partial charge < -0.3 is 15.2 Å². The van der Waals surface area contributed by atoms with Gasteiger partial charge in [-0.3, -0.25) is 9.69 Å². The number of nitrogen functional groups attached to an aromatic ring is 1. The number of benzene rings is 1. The maximum Gasteiger partial charge on any atom is 0.256 e. The van der Waals surface area contributed by atoms with E-state index in [1.807, 2.05) is 34.5 Å². The van der Waals surface area contributed by atoms with Gasteiger partial charge in [0.05, 0.1) is 16.5 Å². The zero-order valence-corrected chi connectivity index (χ0v) is 18.3. The summed E-state index contributed by atoms with van der Waals surface area (Å²) >= 11 is 1.59. The van der Waals surface area contributed by atoms with E-state index < -0.39 is 0 Å². The fourth-order valence-corrected chi connectivity index (χ4v) is 3.89. The molecular weight excluding hydrogens is 433 g/mol. The van der Waals surface area contributed by atoms with E-state index in [2.05, 4.69) is 22.0 Å². The maximum atomic E-state index is 12.7. The molecule has 1 amide bonds. The summed E-state index contributed by atoms with van der Waals surface area (Å²) in [6.45, 7) is 4.83. The standard InChI is InChI=1S/C19H21N5O2S.2ClH/c1-13(18-21-17(22-26-18)16-7-4-12-27-16)23-8-10-24(11-9-23)19(25)14-5-2-3-6-15(14)20;;/h2-7,12-13H,8-11,20H2,1H3;2*1H. The topological polar surface area (TPSA) is 88.5 Å². The number of hydrogen-bond donors (Lipinski definition) is 1. The highest BCUT2D eigenvalue weighted by molar-refractivity contribution is 7.13. The Morgan fingerprint density at radius 2 is 1.86 bits per heavy atom. The summed E-state index contributed by atoms with van der Waals surface area (Å²) in [5, 5.41) is 6.08.